The highest BCUT2D eigenvalue weighted by atomic mass is 16.3. The highest BCUT2D eigenvalue weighted by Gasteiger charge is 2.57. The second-order valence-corrected chi connectivity index (χ2v) is 7.07. The number of Topliss-reactive ketones (excluding diaryl/α,β-unsaturated/α-hetero) is 1. The average molecular weight is 252 g/mol. The highest BCUT2D eigenvalue weighted by Crippen LogP contribution is 2.58. The number of rotatable bonds is 2. The van der Waals surface area contributed by atoms with Gasteiger partial charge in [0.15, 0.2) is 0 Å². The molecule has 18 heavy (non-hydrogen) atoms. The van der Waals surface area contributed by atoms with Crippen molar-refractivity contribution in [2.75, 3.05) is 0 Å². The molecule has 0 aromatic heterocycles. The third-order valence-electron chi connectivity index (χ3n) is 6.33. The zero-order valence-corrected chi connectivity index (χ0v) is 12.3. The predicted molar refractivity (Wildman–Crippen MR) is 73.3 cm³/mol. The first kappa shape index (κ1) is 14.0. The predicted octanol–water partition coefficient (Wildman–Crippen LogP) is 3.57. The lowest BCUT2D eigenvalue weighted by Crippen LogP contribution is -2.59. The van der Waals surface area contributed by atoms with Crippen molar-refractivity contribution in [2.45, 2.75) is 71.8 Å². The lowest BCUT2D eigenvalue weighted by Gasteiger charge is -2.58. The van der Waals surface area contributed by atoms with Gasteiger partial charge in [0.05, 0.1) is 5.60 Å². The van der Waals surface area contributed by atoms with Crippen molar-refractivity contribution in [2.24, 2.45) is 23.2 Å². The largest absolute Gasteiger partial charge is 0.389 e. The first-order chi connectivity index (χ1) is 8.33. The third kappa shape index (κ3) is 1.93. The Morgan fingerprint density at radius 3 is 2.67 bits per heavy atom. The van der Waals surface area contributed by atoms with Crippen molar-refractivity contribution in [3.05, 3.63) is 0 Å². The van der Waals surface area contributed by atoms with E-state index >= 15 is 0 Å². The molecule has 2 fully saturated rings. The van der Waals surface area contributed by atoms with Gasteiger partial charge in [0.2, 0.25) is 0 Å². The van der Waals surface area contributed by atoms with Crippen LogP contribution in [0.15, 0.2) is 0 Å². The first-order valence-corrected chi connectivity index (χ1v) is 7.57. The van der Waals surface area contributed by atoms with E-state index in [1.165, 1.54) is 0 Å². The number of hydrogen-bond acceptors (Lipinski definition) is 2. The van der Waals surface area contributed by atoms with E-state index in [1.54, 1.807) is 0 Å². The van der Waals surface area contributed by atoms with Crippen molar-refractivity contribution in [1.29, 1.82) is 0 Å². The molecule has 0 aliphatic heterocycles. The Morgan fingerprint density at radius 2 is 2.06 bits per heavy atom. The molecule has 0 saturated heterocycles. The minimum atomic E-state index is -0.619. The summed E-state index contributed by atoms with van der Waals surface area (Å²) in [4.78, 5) is 11.7. The Balaban J connectivity index is 2.28. The van der Waals surface area contributed by atoms with E-state index in [9.17, 15) is 9.90 Å². The number of hydrogen-bond donors (Lipinski definition) is 1. The Bertz CT molecular complexity index is 334. The standard InChI is InChI=1S/C16H28O2/c1-5-11(2)14-7-6-12-10-13(17)8-9-15(12,3)16(14,4)18/h11-12,14,18H,5-10H2,1-4H3. The molecule has 2 rings (SSSR count). The normalized spacial score (nSPS) is 46.6. The molecule has 5 unspecified atom stereocenters. The fraction of sp³-hybridized carbons (Fsp3) is 0.938. The maximum Gasteiger partial charge on any atom is 0.133 e. The topological polar surface area (TPSA) is 37.3 Å². The third-order valence-corrected chi connectivity index (χ3v) is 6.33. The SMILES string of the molecule is CCC(C)C1CCC2CC(=O)CCC2(C)C1(C)O. The molecule has 0 spiro atoms. The van der Waals surface area contributed by atoms with Gasteiger partial charge in [-0.1, -0.05) is 27.2 Å². The molecule has 0 bridgehead atoms. The van der Waals surface area contributed by atoms with Crippen LogP contribution in [0.4, 0.5) is 0 Å². The zero-order chi connectivity index (χ0) is 13.6. The van der Waals surface area contributed by atoms with E-state index in [0.717, 1.165) is 25.7 Å². The van der Waals surface area contributed by atoms with Crippen molar-refractivity contribution in [1.82, 2.24) is 0 Å². The van der Waals surface area contributed by atoms with Crippen LogP contribution in [0.1, 0.15) is 66.2 Å². The lowest BCUT2D eigenvalue weighted by molar-refractivity contribution is -0.187. The van der Waals surface area contributed by atoms with Crippen LogP contribution in [0.3, 0.4) is 0 Å². The number of fused-ring (bicyclic) bond motifs is 1. The molecule has 0 radical (unpaired) electrons. The molecule has 2 aliphatic rings. The summed E-state index contributed by atoms with van der Waals surface area (Å²) in [5.41, 5.74) is -0.681. The Hall–Kier alpha value is -0.370. The zero-order valence-electron chi connectivity index (χ0n) is 12.3. The summed E-state index contributed by atoms with van der Waals surface area (Å²) in [6, 6.07) is 0. The van der Waals surface area contributed by atoms with Gasteiger partial charge in [-0.15, -0.1) is 0 Å². The van der Waals surface area contributed by atoms with Crippen LogP contribution < -0.4 is 0 Å². The van der Waals surface area contributed by atoms with E-state index in [0.29, 0.717) is 36.4 Å². The summed E-state index contributed by atoms with van der Waals surface area (Å²) in [6.45, 7) is 8.72. The molecule has 2 heteroatoms. The highest BCUT2D eigenvalue weighted by molar-refractivity contribution is 5.79. The minimum Gasteiger partial charge on any atom is -0.389 e. The molecule has 0 amide bonds. The number of ketones is 1. The number of carbonyl (C=O) groups is 1. The molecule has 2 saturated carbocycles. The summed E-state index contributed by atoms with van der Waals surface area (Å²) in [5.74, 6) is 1.75. The van der Waals surface area contributed by atoms with Gasteiger partial charge in [-0.2, -0.15) is 0 Å². The molecule has 5 atom stereocenters. The number of aliphatic hydroxyl groups is 1. The van der Waals surface area contributed by atoms with Gasteiger partial charge in [0, 0.05) is 12.8 Å². The molecule has 0 aromatic carbocycles. The van der Waals surface area contributed by atoms with Gasteiger partial charge < -0.3 is 5.11 Å². The summed E-state index contributed by atoms with van der Waals surface area (Å²) in [6.07, 6.45) is 5.55. The second-order valence-electron chi connectivity index (χ2n) is 7.07. The average Bonchev–Trinajstić information content (AvgIpc) is 2.31. The summed E-state index contributed by atoms with van der Waals surface area (Å²) >= 11 is 0. The van der Waals surface area contributed by atoms with E-state index in [4.69, 9.17) is 0 Å². The maximum absolute atomic E-state index is 11.7. The van der Waals surface area contributed by atoms with Crippen molar-refractivity contribution < 1.29 is 9.90 Å². The maximum atomic E-state index is 11.7. The van der Waals surface area contributed by atoms with Crippen LogP contribution in [0.25, 0.3) is 0 Å². The molecule has 0 heterocycles. The van der Waals surface area contributed by atoms with Crippen LogP contribution in [0.2, 0.25) is 0 Å². The molecule has 0 aromatic rings. The monoisotopic (exact) mass is 252 g/mol. The van der Waals surface area contributed by atoms with E-state index in [-0.39, 0.29) is 5.41 Å². The van der Waals surface area contributed by atoms with Crippen molar-refractivity contribution >= 4 is 5.78 Å². The molecular formula is C16H28O2. The van der Waals surface area contributed by atoms with E-state index < -0.39 is 5.60 Å². The van der Waals surface area contributed by atoms with Gasteiger partial charge in [0.1, 0.15) is 5.78 Å². The van der Waals surface area contributed by atoms with Crippen molar-refractivity contribution in [3.8, 4) is 0 Å². The molecule has 2 aliphatic carbocycles. The summed E-state index contributed by atoms with van der Waals surface area (Å²) in [5, 5.41) is 11.2. The fourth-order valence-corrected chi connectivity index (χ4v) is 4.50. The number of carbonyl (C=O) groups excluding carboxylic acids is 1. The minimum absolute atomic E-state index is 0.0622. The second kappa shape index (κ2) is 4.63. The van der Waals surface area contributed by atoms with Crippen LogP contribution in [0, 0.1) is 23.2 Å². The van der Waals surface area contributed by atoms with Gasteiger partial charge in [0.25, 0.3) is 0 Å². The molecule has 1 N–H and O–H groups in total. The van der Waals surface area contributed by atoms with Crippen LogP contribution in [0.5, 0.6) is 0 Å². The van der Waals surface area contributed by atoms with E-state index in [2.05, 4.69) is 20.8 Å². The van der Waals surface area contributed by atoms with Crippen LogP contribution in [-0.4, -0.2) is 16.5 Å². The van der Waals surface area contributed by atoms with Gasteiger partial charge >= 0.3 is 0 Å². The van der Waals surface area contributed by atoms with E-state index in [1.807, 2.05) is 6.92 Å². The fourth-order valence-electron chi connectivity index (χ4n) is 4.50. The van der Waals surface area contributed by atoms with Crippen LogP contribution >= 0.6 is 0 Å². The summed E-state index contributed by atoms with van der Waals surface area (Å²) in [7, 11) is 0. The van der Waals surface area contributed by atoms with Crippen LogP contribution in [-0.2, 0) is 4.79 Å². The Kier molecular flexibility index (Phi) is 3.61. The molecule has 104 valence electrons. The van der Waals surface area contributed by atoms with Gasteiger partial charge in [-0.3, -0.25) is 4.79 Å². The Morgan fingerprint density at radius 1 is 1.39 bits per heavy atom. The molecular weight excluding hydrogens is 224 g/mol. The Labute approximate surface area is 111 Å². The summed E-state index contributed by atoms with van der Waals surface area (Å²) < 4.78 is 0. The van der Waals surface area contributed by atoms with Gasteiger partial charge in [-0.05, 0) is 49.4 Å². The quantitative estimate of drug-likeness (QED) is 0.815. The first-order valence-electron chi connectivity index (χ1n) is 7.57. The van der Waals surface area contributed by atoms with Crippen molar-refractivity contribution in [3.63, 3.8) is 0 Å². The molecule has 2 nitrogen and oxygen atoms in total. The lowest BCUT2D eigenvalue weighted by atomic mass is 9.49. The smallest absolute Gasteiger partial charge is 0.133 e. The van der Waals surface area contributed by atoms with Gasteiger partial charge in [-0.25, -0.2) is 0 Å².